The van der Waals surface area contributed by atoms with Crippen LogP contribution in [0.15, 0.2) is 30.3 Å². The lowest BCUT2D eigenvalue weighted by atomic mass is 9.80. The van der Waals surface area contributed by atoms with Gasteiger partial charge in [-0.05, 0) is 41.8 Å². The molecule has 0 bridgehead atoms. The van der Waals surface area contributed by atoms with Crippen LogP contribution in [0.5, 0.6) is 28.7 Å². The molecule has 0 saturated carbocycles. The van der Waals surface area contributed by atoms with Crippen LogP contribution in [0.1, 0.15) is 11.1 Å². The zero-order valence-corrected chi connectivity index (χ0v) is 23.2. The Morgan fingerprint density at radius 1 is 0.854 bits per heavy atom. The topological polar surface area (TPSA) is 183 Å². The maximum atomic E-state index is 12.8. The van der Waals surface area contributed by atoms with Crippen LogP contribution in [0.3, 0.4) is 0 Å². The van der Waals surface area contributed by atoms with Crippen molar-refractivity contribution in [2.75, 3.05) is 41.7 Å². The number of methoxy groups -OCH3 is 4. The number of ether oxygens (including phenoxy) is 7. The summed E-state index contributed by atoms with van der Waals surface area (Å²) >= 11 is 0. The first-order chi connectivity index (χ1) is 19.6. The van der Waals surface area contributed by atoms with Crippen LogP contribution >= 0.6 is 0 Å². The summed E-state index contributed by atoms with van der Waals surface area (Å²) in [6.07, 6.45) is -7.13. The van der Waals surface area contributed by atoms with Crippen LogP contribution < -0.4 is 23.7 Å². The van der Waals surface area contributed by atoms with Crippen LogP contribution in [0.4, 0.5) is 0 Å². The Morgan fingerprint density at radius 3 is 2.07 bits per heavy atom. The van der Waals surface area contributed by atoms with E-state index in [1.807, 2.05) is 0 Å². The Morgan fingerprint density at radius 2 is 1.49 bits per heavy atom. The van der Waals surface area contributed by atoms with Gasteiger partial charge in [-0.2, -0.15) is 0 Å². The van der Waals surface area contributed by atoms with E-state index in [2.05, 4.69) is 0 Å². The minimum atomic E-state index is -1.86. The summed E-state index contributed by atoms with van der Waals surface area (Å²) in [4.78, 5) is 12.8. The van der Waals surface area contributed by atoms with Crippen molar-refractivity contribution >= 4 is 5.97 Å². The third kappa shape index (κ3) is 6.01. The molecule has 2 aliphatic rings. The molecule has 2 heterocycles. The van der Waals surface area contributed by atoms with Crippen LogP contribution in [0.2, 0.25) is 0 Å². The van der Waals surface area contributed by atoms with E-state index in [9.17, 15) is 30.3 Å². The van der Waals surface area contributed by atoms with E-state index in [4.69, 9.17) is 33.2 Å². The third-order valence-corrected chi connectivity index (χ3v) is 7.44. The normalized spacial score (nSPS) is 29.5. The molecule has 7 atom stereocenters. The zero-order chi connectivity index (χ0) is 29.9. The highest BCUT2D eigenvalue weighted by Gasteiger charge is 2.51. The molecule has 0 aromatic heterocycles. The van der Waals surface area contributed by atoms with E-state index in [0.717, 1.165) is 5.56 Å². The van der Waals surface area contributed by atoms with Crippen molar-refractivity contribution in [1.29, 1.82) is 0 Å². The van der Waals surface area contributed by atoms with Gasteiger partial charge >= 0.3 is 5.97 Å². The first kappa shape index (κ1) is 30.6. The van der Waals surface area contributed by atoms with E-state index in [1.54, 1.807) is 24.3 Å². The first-order valence-electron chi connectivity index (χ1n) is 12.9. The van der Waals surface area contributed by atoms with Gasteiger partial charge < -0.3 is 58.7 Å². The number of cyclic esters (lactones) is 1. The number of aliphatic hydroxyl groups is 5. The molecule has 0 radical (unpaired) electrons. The van der Waals surface area contributed by atoms with E-state index in [-0.39, 0.29) is 30.9 Å². The fraction of sp³-hybridized carbons (Fsp3) is 0.536. The van der Waals surface area contributed by atoms with Crippen molar-refractivity contribution in [1.82, 2.24) is 0 Å². The molecule has 0 amide bonds. The van der Waals surface area contributed by atoms with Crippen LogP contribution in [-0.4, -0.2) is 109 Å². The average Bonchev–Trinajstić information content (AvgIpc) is 3.25. The summed E-state index contributed by atoms with van der Waals surface area (Å²) in [5.41, 5.74) is -0.591. The van der Waals surface area contributed by atoms with Crippen molar-refractivity contribution in [3.63, 3.8) is 0 Å². The van der Waals surface area contributed by atoms with Gasteiger partial charge in [0.1, 0.15) is 24.4 Å². The predicted octanol–water partition coefficient (Wildman–Crippen LogP) is -0.411. The Balaban J connectivity index is 1.54. The predicted molar refractivity (Wildman–Crippen MR) is 140 cm³/mol. The molecule has 13 heteroatoms. The second kappa shape index (κ2) is 12.7. The fourth-order valence-corrected chi connectivity index (χ4v) is 5.11. The highest BCUT2D eigenvalue weighted by Crippen LogP contribution is 2.41. The smallest absolute Gasteiger partial charge is 0.338 e. The highest BCUT2D eigenvalue weighted by atomic mass is 16.7. The largest absolute Gasteiger partial charge is 0.493 e. The van der Waals surface area contributed by atoms with Gasteiger partial charge in [0.05, 0.1) is 41.7 Å². The van der Waals surface area contributed by atoms with Gasteiger partial charge in [0.2, 0.25) is 12.0 Å². The van der Waals surface area contributed by atoms with Gasteiger partial charge in [0.25, 0.3) is 0 Å². The maximum Gasteiger partial charge on any atom is 0.338 e. The summed E-state index contributed by atoms with van der Waals surface area (Å²) in [5.74, 6) is 0.257. The highest BCUT2D eigenvalue weighted by molar-refractivity contribution is 5.82. The number of esters is 1. The quantitative estimate of drug-likeness (QED) is 0.217. The second-order valence-electron chi connectivity index (χ2n) is 9.93. The zero-order valence-electron chi connectivity index (χ0n) is 23.2. The van der Waals surface area contributed by atoms with Gasteiger partial charge in [-0.25, -0.2) is 4.79 Å². The van der Waals surface area contributed by atoms with Crippen molar-refractivity contribution < 1.29 is 63.5 Å². The number of hydrogen-bond donors (Lipinski definition) is 5. The van der Waals surface area contributed by atoms with Gasteiger partial charge in [0.15, 0.2) is 28.6 Å². The molecule has 7 unspecified atom stereocenters. The maximum absolute atomic E-state index is 12.8. The second-order valence-corrected chi connectivity index (χ2v) is 9.93. The lowest BCUT2D eigenvalue weighted by Gasteiger charge is -2.39. The Hall–Kier alpha value is -3.33. The lowest BCUT2D eigenvalue weighted by molar-refractivity contribution is -0.277. The number of hydrogen-bond acceptors (Lipinski definition) is 13. The van der Waals surface area contributed by atoms with Crippen LogP contribution in [0, 0.1) is 5.92 Å². The van der Waals surface area contributed by atoms with E-state index in [0.29, 0.717) is 22.8 Å². The number of benzene rings is 2. The standard InChI is InChI=1S/C28H36O13/c1-35-18-8-14(5-6-17(18)40-26-24(32)23(31)22(30)21(12-29)41-26)11-28(34)16(13-39-27(28)33)7-15-9-19(36-2)25(38-4)20(10-15)37-3/h5-6,8-10,16,21-24,26,29-32,34H,7,11-13H2,1-4H3. The Labute approximate surface area is 236 Å². The van der Waals surface area contributed by atoms with Gasteiger partial charge in [-0.1, -0.05) is 6.07 Å². The van der Waals surface area contributed by atoms with E-state index < -0.39 is 54.8 Å². The molecule has 5 N–H and O–H groups in total. The number of carbonyl (C=O) groups excluding carboxylic acids is 1. The minimum absolute atomic E-state index is 0.00142. The summed E-state index contributed by atoms with van der Waals surface area (Å²) in [6.45, 7) is -0.603. The molecule has 226 valence electrons. The van der Waals surface area contributed by atoms with Gasteiger partial charge in [-0.15, -0.1) is 0 Å². The summed E-state index contributed by atoms with van der Waals surface area (Å²) in [6, 6.07) is 8.15. The molecule has 41 heavy (non-hydrogen) atoms. The van der Waals surface area contributed by atoms with Crippen molar-refractivity contribution in [2.45, 2.75) is 49.1 Å². The summed E-state index contributed by atoms with van der Waals surface area (Å²) < 4.78 is 38.0. The van der Waals surface area contributed by atoms with Crippen molar-refractivity contribution in [3.8, 4) is 28.7 Å². The Kier molecular flexibility index (Phi) is 9.47. The minimum Gasteiger partial charge on any atom is -0.493 e. The molecular formula is C28H36O13. The van der Waals surface area contributed by atoms with Crippen molar-refractivity contribution in [3.05, 3.63) is 41.5 Å². The molecule has 2 aromatic carbocycles. The van der Waals surface area contributed by atoms with Gasteiger partial charge in [0, 0.05) is 12.3 Å². The third-order valence-electron chi connectivity index (χ3n) is 7.44. The van der Waals surface area contributed by atoms with E-state index >= 15 is 0 Å². The SMILES string of the molecule is COc1cc(CC2(O)C(=O)OCC2Cc2cc(OC)c(OC)c(OC)c2)ccc1OC1OC(CO)C(O)C(O)C1O. The van der Waals surface area contributed by atoms with Crippen molar-refractivity contribution in [2.24, 2.45) is 5.92 Å². The number of aliphatic hydroxyl groups excluding tert-OH is 4. The lowest BCUT2D eigenvalue weighted by Crippen LogP contribution is -2.60. The van der Waals surface area contributed by atoms with Crippen LogP contribution in [0.25, 0.3) is 0 Å². The molecule has 2 aromatic rings. The molecular weight excluding hydrogens is 544 g/mol. The molecule has 2 saturated heterocycles. The average molecular weight is 581 g/mol. The molecule has 2 fully saturated rings. The number of carbonyl (C=O) groups is 1. The van der Waals surface area contributed by atoms with Crippen LogP contribution in [-0.2, 0) is 27.1 Å². The molecule has 0 spiro atoms. The molecule has 2 aliphatic heterocycles. The molecule has 13 nitrogen and oxygen atoms in total. The Bertz CT molecular complexity index is 1190. The van der Waals surface area contributed by atoms with Gasteiger partial charge in [-0.3, -0.25) is 0 Å². The number of rotatable bonds is 11. The summed E-state index contributed by atoms with van der Waals surface area (Å²) in [5, 5.41) is 51.3. The fourth-order valence-electron chi connectivity index (χ4n) is 5.11. The molecule has 4 rings (SSSR count). The monoisotopic (exact) mass is 580 g/mol. The van der Waals surface area contributed by atoms with E-state index in [1.165, 1.54) is 34.5 Å². The first-order valence-corrected chi connectivity index (χ1v) is 12.9. The summed E-state index contributed by atoms with van der Waals surface area (Å²) in [7, 11) is 5.87. The molecule has 0 aliphatic carbocycles.